The Kier molecular flexibility index (Phi) is 4.87. The first-order chi connectivity index (χ1) is 8.77. The number of benzene rings is 1. The summed E-state index contributed by atoms with van der Waals surface area (Å²) in [6.45, 7) is 5.32. The predicted molar refractivity (Wildman–Crippen MR) is 76.5 cm³/mol. The van der Waals surface area contributed by atoms with Gasteiger partial charge in [0.15, 0.2) is 0 Å². The average molecular weight is 269 g/mol. The highest BCUT2D eigenvalue weighted by atomic mass is 35.5. The van der Waals surface area contributed by atoms with Gasteiger partial charge < -0.3 is 15.4 Å². The van der Waals surface area contributed by atoms with Crippen molar-refractivity contribution in [1.29, 1.82) is 0 Å². The molecule has 2 N–H and O–H groups in total. The highest BCUT2D eigenvalue weighted by molar-refractivity contribution is 6.31. The zero-order valence-corrected chi connectivity index (χ0v) is 11.6. The van der Waals surface area contributed by atoms with Crippen molar-refractivity contribution in [2.75, 3.05) is 31.2 Å². The summed E-state index contributed by atoms with van der Waals surface area (Å²) in [5, 5.41) is 0.819. The van der Waals surface area contributed by atoms with Gasteiger partial charge in [-0.3, -0.25) is 0 Å². The molecule has 100 valence electrons. The molecule has 1 saturated heterocycles. The molecule has 0 radical (unpaired) electrons. The summed E-state index contributed by atoms with van der Waals surface area (Å²) < 4.78 is 5.56. The second-order valence-electron chi connectivity index (χ2n) is 4.61. The number of hydrogen-bond acceptors (Lipinski definition) is 3. The lowest BCUT2D eigenvalue weighted by Gasteiger charge is -2.38. The second-order valence-corrected chi connectivity index (χ2v) is 5.01. The van der Waals surface area contributed by atoms with E-state index in [-0.39, 0.29) is 0 Å². The molecule has 1 atom stereocenters. The number of anilines is 1. The van der Waals surface area contributed by atoms with Crippen LogP contribution in [-0.4, -0.2) is 32.3 Å². The summed E-state index contributed by atoms with van der Waals surface area (Å²) in [6.07, 6.45) is 1.90. The fourth-order valence-corrected chi connectivity index (χ4v) is 2.78. The van der Waals surface area contributed by atoms with Crippen molar-refractivity contribution in [3.05, 3.63) is 28.8 Å². The van der Waals surface area contributed by atoms with Crippen molar-refractivity contribution in [1.82, 2.24) is 0 Å². The molecule has 1 aliphatic heterocycles. The Labute approximate surface area is 114 Å². The number of nitrogens with zero attached hydrogens (tertiary/aromatic N) is 1. The van der Waals surface area contributed by atoms with Crippen LogP contribution in [0.15, 0.2) is 18.2 Å². The van der Waals surface area contributed by atoms with E-state index in [0.717, 1.165) is 37.6 Å². The summed E-state index contributed by atoms with van der Waals surface area (Å²) in [5.41, 5.74) is 8.09. The topological polar surface area (TPSA) is 38.5 Å². The van der Waals surface area contributed by atoms with E-state index in [0.29, 0.717) is 12.6 Å². The van der Waals surface area contributed by atoms with Crippen molar-refractivity contribution in [3.63, 3.8) is 0 Å². The molecule has 18 heavy (non-hydrogen) atoms. The molecule has 0 amide bonds. The lowest BCUT2D eigenvalue weighted by molar-refractivity contribution is 0.0929. The van der Waals surface area contributed by atoms with Crippen LogP contribution in [0.5, 0.6) is 0 Å². The van der Waals surface area contributed by atoms with Crippen molar-refractivity contribution < 1.29 is 4.74 Å². The minimum Gasteiger partial charge on any atom is -0.377 e. The molecule has 0 aromatic heterocycles. The zero-order valence-electron chi connectivity index (χ0n) is 10.9. The van der Waals surface area contributed by atoms with Crippen LogP contribution < -0.4 is 10.6 Å². The third-order valence-corrected chi connectivity index (χ3v) is 3.85. The van der Waals surface area contributed by atoms with Gasteiger partial charge in [0.2, 0.25) is 0 Å². The Hall–Kier alpha value is -0.770. The molecule has 1 unspecified atom stereocenters. The van der Waals surface area contributed by atoms with Gasteiger partial charge in [-0.2, -0.15) is 0 Å². The number of halogens is 1. The molecule has 0 aliphatic carbocycles. The molecule has 0 spiro atoms. The fraction of sp³-hybridized carbons (Fsp3) is 0.571. The van der Waals surface area contributed by atoms with Gasteiger partial charge in [-0.15, -0.1) is 0 Å². The van der Waals surface area contributed by atoms with Gasteiger partial charge in [0.1, 0.15) is 0 Å². The van der Waals surface area contributed by atoms with Gasteiger partial charge in [0.25, 0.3) is 0 Å². The van der Waals surface area contributed by atoms with Gasteiger partial charge in [-0.05, 0) is 37.1 Å². The summed E-state index contributed by atoms with van der Waals surface area (Å²) in [6, 6.07) is 6.54. The average Bonchev–Trinajstić information content (AvgIpc) is 2.41. The first-order valence-electron chi connectivity index (χ1n) is 6.59. The Bertz CT molecular complexity index is 397. The Morgan fingerprint density at radius 1 is 1.50 bits per heavy atom. The molecule has 1 aromatic rings. The molecular weight excluding hydrogens is 248 g/mol. The standard InChI is InChI=1S/C14H21ClN2O/c1-2-11-10-18-9-8-17(11)14-5-3-4-13(15)12(14)6-7-16/h3-5,11H,2,6-10,16H2,1H3. The van der Waals surface area contributed by atoms with Crippen LogP contribution in [0.3, 0.4) is 0 Å². The van der Waals surface area contributed by atoms with E-state index in [1.54, 1.807) is 0 Å². The van der Waals surface area contributed by atoms with Crippen LogP contribution in [0.25, 0.3) is 0 Å². The molecule has 2 rings (SSSR count). The summed E-state index contributed by atoms with van der Waals surface area (Å²) in [5.74, 6) is 0. The van der Waals surface area contributed by atoms with Crippen LogP contribution in [0, 0.1) is 0 Å². The van der Waals surface area contributed by atoms with Crippen LogP contribution in [-0.2, 0) is 11.2 Å². The summed E-state index contributed by atoms with van der Waals surface area (Å²) in [4.78, 5) is 2.42. The van der Waals surface area contributed by atoms with Crippen LogP contribution in [0.4, 0.5) is 5.69 Å². The third-order valence-electron chi connectivity index (χ3n) is 3.50. The van der Waals surface area contributed by atoms with Gasteiger partial charge in [0, 0.05) is 17.3 Å². The van der Waals surface area contributed by atoms with E-state index < -0.39 is 0 Å². The minimum atomic E-state index is 0.439. The molecule has 1 aromatic carbocycles. The quantitative estimate of drug-likeness (QED) is 0.912. The van der Waals surface area contributed by atoms with Crippen molar-refractivity contribution in [3.8, 4) is 0 Å². The van der Waals surface area contributed by atoms with E-state index in [4.69, 9.17) is 22.1 Å². The van der Waals surface area contributed by atoms with E-state index in [2.05, 4.69) is 17.9 Å². The molecule has 1 aliphatic rings. The molecule has 0 saturated carbocycles. The van der Waals surface area contributed by atoms with Gasteiger partial charge >= 0.3 is 0 Å². The van der Waals surface area contributed by atoms with E-state index in [9.17, 15) is 0 Å². The SMILES string of the molecule is CCC1COCCN1c1cccc(Cl)c1CCN. The number of hydrogen-bond donors (Lipinski definition) is 1. The van der Waals surface area contributed by atoms with Gasteiger partial charge in [0.05, 0.1) is 19.3 Å². The molecular formula is C14H21ClN2O. The first kappa shape index (κ1) is 13.7. The van der Waals surface area contributed by atoms with Crippen molar-refractivity contribution in [2.45, 2.75) is 25.8 Å². The monoisotopic (exact) mass is 268 g/mol. The largest absolute Gasteiger partial charge is 0.377 e. The lowest BCUT2D eigenvalue weighted by atomic mass is 10.0. The summed E-state index contributed by atoms with van der Waals surface area (Å²) in [7, 11) is 0. The third kappa shape index (κ3) is 2.79. The molecule has 0 bridgehead atoms. The van der Waals surface area contributed by atoms with E-state index >= 15 is 0 Å². The van der Waals surface area contributed by atoms with Crippen molar-refractivity contribution in [2.24, 2.45) is 5.73 Å². The first-order valence-corrected chi connectivity index (χ1v) is 6.97. The van der Waals surface area contributed by atoms with Gasteiger partial charge in [-0.25, -0.2) is 0 Å². The number of rotatable bonds is 4. The van der Waals surface area contributed by atoms with Crippen molar-refractivity contribution >= 4 is 17.3 Å². The molecule has 4 heteroatoms. The molecule has 1 fully saturated rings. The second kappa shape index (κ2) is 6.41. The smallest absolute Gasteiger partial charge is 0.0670 e. The maximum Gasteiger partial charge on any atom is 0.0670 e. The van der Waals surface area contributed by atoms with E-state index in [1.807, 2.05) is 12.1 Å². The Balaban J connectivity index is 2.33. The number of morpholine rings is 1. The van der Waals surface area contributed by atoms with E-state index in [1.165, 1.54) is 11.3 Å². The van der Waals surface area contributed by atoms with Crippen LogP contribution >= 0.6 is 11.6 Å². The minimum absolute atomic E-state index is 0.439. The van der Waals surface area contributed by atoms with Gasteiger partial charge in [-0.1, -0.05) is 24.6 Å². The normalized spacial score (nSPS) is 20.2. The lowest BCUT2D eigenvalue weighted by Crippen LogP contribution is -2.45. The molecule has 3 nitrogen and oxygen atoms in total. The summed E-state index contributed by atoms with van der Waals surface area (Å²) >= 11 is 6.30. The maximum absolute atomic E-state index is 6.30. The maximum atomic E-state index is 6.30. The number of ether oxygens (including phenoxy) is 1. The van der Waals surface area contributed by atoms with Crippen LogP contribution in [0.1, 0.15) is 18.9 Å². The molecule has 1 heterocycles. The number of nitrogens with two attached hydrogens (primary N) is 1. The fourth-order valence-electron chi connectivity index (χ4n) is 2.52. The Morgan fingerprint density at radius 2 is 2.33 bits per heavy atom. The highest BCUT2D eigenvalue weighted by Gasteiger charge is 2.24. The highest BCUT2D eigenvalue weighted by Crippen LogP contribution is 2.30. The van der Waals surface area contributed by atoms with Crippen LogP contribution in [0.2, 0.25) is 5.02 Å². The predicted octanol–water partition coefficient (Wildman–Crippen LogP) is 2.46. The Morgan fingerprint density at radius 3 is 3.06 bits per heavy atom. The zero-order chi connectivity index (χ0) is 13.0.